The van der Waals surface area contributed by atoms with E-state index in [-0.39, 0.29) is 17.9 Å². The highest BCUT2D eigenvalue weighted by molar-refractivity contribution is 6.29. The standard InChI is InChI=1S/C13H16ClN5O2/c1-3-5-9-6-8(7-10(14)15-9)11(20)16-12-17-13(19-18-12)21-4-2/h6-7H,3-5H2,1-2H3,(H2,16,17,18,19,20). The van der Waals surface area contributed by atoms with Gasteiger partial charge in [-0.3, -0.25) is 10.1 Å². The highest BCUT2D eigenvalue weighted by Crippen LogP contribution is 2.14. The predicted molar refractivity (Wildman–Crippen MR) is 78.7 cm³/mol. The summed E-state index contributed by atoms with van der Waals surface area (Å²) < 4.78 is 5.11. The van der Waals surface area contributed by atoms with E-state index in [1.165, 1.54) is 6.07 Å². The Morgan fingerprint density at radius 2 is 2.19 bits per heavy atom. The van der Waals surface area contributed by atoms with Gasteiger partial charge in [0.2, 0.25) is 5.95 Å². The van der Waals surface area contributed by atoms with Crippen molar-refractivity contribution < 1.29 is 9.53 Å². The highest BCUT2D eigenvalue weighted by Gasteiger charge is 2.12. The number of carbonyl (C=O) groups excluding carboxylic acids is 1. The number of nitrogens with zero attached hydrogens (tertiary/aromatic N) is 3. The Morgan fingerprint density at radius 1 is 1.38 bits per heavy atom. The molecule has 0 radical (unpaired) electrons. The Morgan fingerprint density at radius 3 is 2.90 bits per heavy atom. The number of carbonyl (C=O) groups is 1. The molecule has 112 valence electrons. The number of hydrogen-bond acceptors (Lipinski definition) is 5. The van der Waals surface area contributed by atoms with Crippen molar-refractivity contribution in [3.63, 3.8) is 0 Å². The van der Waals surface area contributed by atoms with Gasteiger partial charge in [-0.05, 0) is 25.5 Å². The van der Waals surface area contributed by atoms with Crippen molar-refractivity contribution in [3.8, 4) is 6.01 Å². The Kier molecular flexibility index (Phi) is 5.10. The molecule has 0 fully saturated rings. The fourth-order valence-corrected chi connectivity index (χ4v) is 1.97. The molecule has 0 saturated carbocycles. The monoisotopic (exact) mass is 309 g/mol. The van der Waals surface area contributed by atoms with E-state index in [2.05, 4.69) is 25.5 Å². The average molecular weight is 310 g/mol. The van der Waals surface area contributed by atoms with E-state index in [1.807, 2.05) is 13.8 Å². The topological polar surface area (TPSA) is 92.8 Å². The second-order valence-corrected chi connectivity index (χ2v) is 4.66. The number of halogens is 1. The van der Waals surface area contributed by atoms with Crippen LogP contribution in [0.4, 0.5) is 5.95 Å². The van der Waals surface area contributed by atoms with Gasteiger partial charge in [-0.1, -0.05) is 24.9 Å². The van der Waals surface area contributed by atoms with Crippen LogP contribution in [-0.4, -0.2) is 32.7 Å². The Labute approximate surface area is 127 Å². The van der Waals surface area contributed by atoms with Crippen LogP contribution in [0.1, 0.15) is 36.3 Å². The molecule has 0 aliphatic rings. The maximum atomic E-state index is 12.2. The Balaban J connectivity index is 2.11. The molecule has 2 N–H and O–H groups in total. The molecule has 8 heteroatoms. The Bertz CT molecular complexity index is 629. The van der Waals surface area contributed by atoms with Crippen LogP contribution in [0.15, 0.2) is 12.1 Å². The minimum absolute atomic E-state index is 0.187. The minimum atomic E-state index is -0.337. The van der Waals surface area contributed by atoms with E-state index in [0.717, 1.165) is 18.5 Å². The van der Waals surface area contributed by atoms with Crippen LogP contribution in [0.25, 0.3) is 0 Å². The first-order chi connectivity index (χ1) is 10.1. The molecule has 0 saturated heterocycles. The van der Waals surface area contributed by atoms with Gasteiger partial charge in [-0.25, -0.2) is 10.1 Å². The zero-order chi connectivity index (χ0) is 15.2. The molecule has 0 aliphatic carbocycles. The lowest BCUT2D eigenvalue weighted by atomic mass is 10.1. The quantitative estimate of drug-likeness (QED) is 0.800. The summed E-state index contributed by atoms with van der Waals surface area (Å²) in [5.41, 5.74) is 1.20. The highest BCUT2D eigenvalue weighted by atomic mass is 35.5. The minimum Gasteiger partial charge on any atom is -0.463 e. The molecule has 0 bridgehead atoms. The van der Waals surface area contributed by atoms with Gasteiger partial charge in [0.1, 0.15) is 5.15 Å². The summed E-state index contributed by atoms with van der Waals surface area (Å²) in [7, 11) is 0. The first kappa shape index (κ1) is 15.2. The summed E-state index contributed by atoms with van der Waals surface area (Å²) >= 11 is 5.93. The van der Waals surface area contributed by atoms with Crippen LogP contribution < -0.4 is 10.1 Å². The third-order valence-electron chi connectivity index (χ3n) is 2.59. The van der Waals surface area contributed by atoms with Crippen molar-refractivity contribution in [2.45, 2.75) is 26.7 Å². The van der Waals surface area contributed by atoms with Crippen LogP contribution in [0.2, 0.25) is 5.15 Å². The zero-order valence-corrected chi connectivity index (χ0v) is 12.6. The molecule has 21 heavy (non-hydrogen) atoms. The summed E-state index contributed by atoms with van der Waals surface area (Å²) in [6.07, 6.45) is 1.69. The van der Waals surface area contributed by atoms with Crippen molar-refractivity contribution in [1.82, 2.24) is 20.2 Å². The van der Waals surface area contributed by atoms with Crippen LogP contribution in [0.3, 0.4) is 0 Å². The van der Waals surface area contributed by atoms with Gasteiger partial charge in [-0.2, -0.15) is 4.98 Å². The lowest BCUT2D eigenvalue weighted by Crippen LogP contribution is -2.14. The van der Waals surface area contributed by atoms with Crippen molar-refractivity contribution >= 4 is 23.5 Å². The summed E-state index contributed by atoms with van der Waals surface area (Å²) in [6.45, 7) is 4.31. The van der Waals surface area contributed by atoms with Crippen molar-refractivity contribution in [2.75, 3.05) is 11.9 Å². The SMILES string of the molecule is CCCc1cc(C(=O)Nc2nc(OCC)n[nH]2)cc(Cl)n1. The summed E-state index contributed by atoms with van der Waals surface area (Å²) in [5, 5.41) is 9.27. The number of nitrogens with one attached hydrogen (secondary N) is 2. The molecule has 2 aromatic heterocycles. The third kappa shape index (κ3) is 4.16. The van der Waals surface area contributed by atoms with E-state index in [9.17, 15) is 4.79 Å². The van der Waals surface area contributed by atoms with Crippen molar-refractivity contribution in [1.29, 1.82) is 0 Å². The number of aryl methyl sites for hydroxylation is 1. The van der Waals surface area contributed by atoms with Gasteiger partial charge in [0.25, 0.3) is 5.91 Å². The summed E-state index contributed by atoms with van der Waals surface area (Å²) in [5.74, 6) is -0.121. The third-order valence-corrected chi connectivity index (χ3v) is 2.78. The van der Waals surface area contributed by atoms with E-state index >= 15 is 0 Å². The first-order valence-corrected chi connectivity index (χ1v) is 7.03. The normalized spacial score (nSPS) is 10.4. The van der Waals surface area contributed by atoms with Gasteiger partial charge < -0.3 is 4.74 Å². The molecule has 0 aliphatic heterocycles. The number of H-pyrrole nitrogens is 1. The molecule has 0 atom stereocenters. The van der Waals surface area contributed by atoms with Crippen molar-refractivity contribution in [3.05, 3.63) is 28.5 Å². The van der Waals surface area contributed by atoms with Crippen LogP contribution in [-0.2, 0) is 6.42 Å². The molecular formula is C13H16ClN5O2. The molecule has 0 aromatic carbocycles. The molecule has 2 heterocycles. The number of amides is 1. The zero-order valence-electron chi connectivity index (χ0n) is 11.8. The molecule has 0 spiro atoms. The number of hydrogen-bond donors (Lipinski definition) is 2. The van der Waals surface area contributed by atoms with E-state index < -0.39 is 0 Å². The molecule has 7 nitrogen and oxygen atoms in total. The second-order valence-electron chi connectivity index (χ2n) is 4.27. The fourth-order valence-electron chi connectivity index (χ4n) is 1.74. The molecule has 2 rings (SSSR count). The first-order valence-electron chi connectivity index (χ1n) is 6.65. The van der Waals surface area contributed by atoms with Crippen LogP contribution in [0.5, 0.6) is 6.01 Å². The lowest BCUT2D eigenvalue weighted by Gasteiger charge is -2.05. The average Bonchev–Trinajstić information content (AvgIpc) is 2.86. The maximum Gasteiger partial charge on any atom is 0.337 e. The molecule has 0 unspecified atom stereocenters. The van der Waals surface area contributed by atoms with Gasteiger partial charge in [0.05, 0.1) is 6.61 Å². The molecular weight excluding hydrogens is 294 g/mol. The van der Waals surface area contributed by atoms with Crippen LogP contribution >= 0.6 is 11.6 Å². The Hall–Kier alpha value is -2.15. The van der Waals surface area contributed by atoms with Gasteiger partial charge in [0.15, 0.2) is 0 Å². The number of pyridine rings is 1. The largest absolute Gasteiger partial charge is 0.463 e. The van der Waals surface area contributed by atoms with Crippen molar-refractivity contribution in [2.24, 2.45) is 0 Å². The smallest absolute Gasteiger partial charge is 0.337 e. The van der Waals surface area contributed by atoms with E-state index in [1.54, 1.807) is 6.07 Å². The number of ether oxygens (including phenoxy) is 1. The van der Waals surface area contributed by atoms with Gasteiger partial charge in [-0.15, -0.1) is 5.10 Å². The number of anilines is 1. The predicted octanol–water partition coefficient (Wildman–Crippen LogP) is 2.46. The number of aromatic amines is 1. The summed E-state index contributed by atoms with van der Waals surface area (Å²) in [6, 6.07) is 3.41. The van der Waals surface area contributed by atoms with Gasteiger partial charge in [0, 0.05) is 11.3 Å². The summed E-state index contributed by atoms with van der Waals surface area (Å²) in [4.78, 5) is 20.3. The maximum absolute atomic E-state index is 12.2. The lowest BCUT2D eigenvalue weighted by molar-refractivity contribution is 0.102. The fraction of sp³-hybridized carbons (Fsp3) is 0.385. The second kappa shape index (κ2) is 7.03. The number of rotatable bonds is 6. The molecule has 2 aromatic rings. The van der Waals surface area contributed by atoms with Gasteiger partial charge >= 0.3 is 6.01 Å². The number of aromatic nitrogens is 4. The van der Waals surface area contributed by atoms with E-state index in [0.29, 0.717) is 17.3 Å². The van der Waals surface area contributed by atoms with E-state index in [4.69, 9.17) is 16.3 Å². The molecule has 1 amide bonds. The van der Waals surface area contributed by atoms with Crippen LogP contribution in [0, 0.1) is 0 Å².